The van der Waals surface area contributed by atoms with Crippen molar-refractivity contribution >= 4 is 11.8 Å². The van der Waals surface area contributed by atoms with Gasteiger partial charge in [-0.3, -0.25) is 16.3 Å². The normalized spacial score (nSPS) is 30.5. The molecule has 1 aromatic heterocycles. The van der Waals surface area contributed by atoms with E-state index >= 15 is 0 Å². The minimum atomic E-state index is 0.0585. The number of nitrogens with two attached hydrogens (primary N) is 1. The summed E-state index contributed by atoms with van der Waals surface area (Å²) >= 11 is 1.99. The number of nitrogens with one attached hydrogen (secondary N) is 1. The molecular weight excluding hydrogens is 286 g/mol. The van der Waals surface area contributed by atoms with Crippen LogP contribution in [-0.2, 0) is 4.74 Å². The second-order valence-electron chi connectivity index (χ2n) is 5.85. The molecule has 5 nitrogen and oxygen atoms in total. The number of nitrogens with zero attached hydrogens (tertiary/aromatic N) is 1. The average Bonchev–Trinajstić information content (AvgIpc) is 2.96. The smallest absolute Gasteiger partial charge is 0.141 e. The van der Waals surface area contributed by atoms with Crippen molar-refractivity contribution in [1.29, 1.82) is 0 Å². The number of thioether (sulfide) groups is 1. The molecule has 2 aliphatic heterocycles. The molecule has 3 atom stereocenters. The van der Waals surface area contributed by atoms with Crippen molar-refractivity contribution in [3.8, 4) is 5.75 Å². The van der Waals surface area contributed by atoms with Gasteiger partial charge in [0, 0.05) is 24.1 Å². The van der Waals surface area contributed by atoms with Crippen LogP contribution in [0, 0.1) is 5.92 Å². The van der Waals surface area contributed by atoms with Gasteiger partial charge < -0.3 is 9.47 Å². The van der Waals surface area contributed by atoms with E-state index in [1.165, 1.54) is 5.75 Å². The molecule has 0 saturated carbocycles. The van der Waals surface area contributed by atoms with Crippen molar-refractivity contribution in [2.45, 2.75) is 30.9 Å². The van der Waals surface area contributed by atoms with Crippen LogP contribution in [0.2, 0.25) is 0 Å². The highest BCUT2D eigenvalue weighted by atomic mass is 32.2. The number of hydrogen-bond acceptors (Lipinski definition) is 6. The van der Waals surface area contributed by atoms with E-state index in [1.807, 2.05) is 17.8 Å². The summed E-state index contributed by atoms with van der Waals surface area (Å²) in [4.78, 5) is 4.13. The molecule has 116 valence electrons. The first-order valence-corrected chi connectivity index (χ1v) is 8.59. The van der Waals surface area contributed by atoms with Gasteiger partial charge >= 0.3 is 0 Å². The Morgan fingerprint density at radius 3 is 3.24 bits per heavy atom. The fourth-order valence-corrected chi connectivity index (χ4v) is 4.89. The lowest BCUT2D eigenvalue weighted by molar-refractivity contribution is -0.0855. The van der Waals surface area contributed by atoms with Crippen LogP contribution in [0.1, 0.15) is 30.9 Å². The van der Waals surface area contributed by atoms with Crippen molar-refractivity contribution < 1.29 is 9.47 Å². The first-order chi connectivity index (χ1) is 10.3. The summed E-state index contributed by atoms with van der Waals surface area (Å²) in [6, 6.07) is 2.07. The fourth-order valence-electron chi connectivity index (χ4n) is 3.51. The van der Waals surface area contributed by atoms with E-state index in [1.54, 1.807) is 19.5 Å². The predicted octanol–water partition coefficient (Wildman–Crippen LogP) is 1.90. The highest BCUT2D eigenvalue weighted by Gasteiger charge is 2.43. The van der Waals surface area contributed by atoms with E-state index in [2.05, 4.69) is 10.4 Å². The molecule has 1 aromatic rings. The highest BCUT2D eigenvalue weighted by Crippen LogP contribution is 2.44. The molecule has 2 fully saturated rings. The van der Waals surface area contributed by atoms with E-state index in [4.69, 9.17) is 15.3 Å². The Hall–Kier alpha value is -0.820. The average molecular weight is 309 g/mol. The number of hydrogen-bond donors (Lipinski definition) is 2. The quantitative estimate of drug-likeness (QED) is 0.654. The Balaban J connectivity index is 1.82. The van der Waals surface area contributed by atoms with Crippen LogP contribution in [0.4, 0.5) is 0 Å². The van der Waals surface area contributed by atoms with Crippen LogP contribution in [0.3, 0.4) is 0 Å². The van der Waals surface area contributed by atoms with E-state index in [0.717, 1.165) is 42.9 Å². The van der Waals surface area contributed by atoms with Crippen molar-refractivity contribution in [1.82, 2.24) is 10.4 Å². The van der Waals surface area contributed by atoms with Gasteiger partial charge in [-0.1, -0.05) is 0 Å². The number of hydrazine groups is 1. The van der Waals surface area contributed by atoms with Crippen molar-refractivity contribution in [3.63, 3.8) is 0 Å². The minimum absolute atomic E-state index is 0.0585. The fraction of sp³-hybridized carbons (Fsp3) is 0.667. The number of methoxy groups -OCH3 is 1. The third kappa shape index (κ3) is 3.04. The van der Waals surface area contributed by atoms with Gasteiger partial charge in [-0.15, -0.1) is 0 Å². The largest absolute Gasteiger partial charge is 0.495 e. The summed E-state index contributed by atoms with van der Waals surface area (Å²) in [5.74, 6) is 9.43. The minimum Gasteiger partial charge on any atom is -0.495 e. The maximum absolute atomic E-state index is 6.11. The molecule has 3 rings (SSSR count). The number of aromatic nitrogens is 1. The first kappa shape index (κ1) is 15.1. The predicted molar refractivity (Wildman–Crippen MR) is 84.2 cm³/mol. The van der Waals surface area contributed by atoms with Gasteiger partial charge in [0.05, 0.1) is 24.9 Å². The lowest BCUT2D eigenvalue weighted by Gasteiger charge is -2.41. The zero-order chi connectivity index (χ0) is 14.7. The monoisotopic (exact) mass is 309 g/mol. The van der Waals surface area contributed by atoms with E-state index in [0.29, 0.717) is 5.92 Å². The summed E-state index contributed by atoms with van der Waals surface area (Å²) in [6.07, 6.45) is 6.77. The van der Waals surface area contributed by atoms with Gasteiger partial charge in [0.2, 0.25) is 0 Å². The van der Waals surface area contributed by atoms with Crippen molar-refractivity contribution in [2.75, 3.05) is 25.2 Å². The van der Waals surface area contributed by atoms with Crippen LogP contribution < -0.4 is 16.0 Å². The molecule has 3 N–H and O–H groups in total. The summed E-state index contributed by atoms with van der Waals surface area (Å²) in [7, 11) is 1.67. The van der Waals surface area contributed by atoms with Gasteiger partial charge in [0.25, 0.3) is 0 Å². The Kier molecular flexibility index (Phi) is 4.69. The van der Waals surface area contributed by atoms with Crippen molar-refractivity contribution in [3.05, 3.63) is 24.0 Å². The van der Waals surface area contributed by atoms with Crippen LogP contribution in [0.25, 0.3) is 0 Å². The van der Waals surface area contributed by atoms with Crippen molar-refractivity contribution in [2.24, 2.45) is 11.8 Å². The van der Waals surface area contributed by atoms with E-state index in [-0.39, 0.29) is 11.6 Å². The molecule has 0 aliphatic carbocycles. The maximum Gasteiger partial charge on any atom is 0.141 e. The molecule has 0 radical (unpaired) electrons. The molecule has 2 aliphatic rings. The van der Waals surface area contributed by atoms with Crippen LogP contribution >= 0.6 is 11.8 Å². The van der Waals surface area contributed by atoms with Gasteiger partial charge in [0.15, 0.2) is 0 Å². The molecule has 3 heterocycles. The second kappa shape index (κ2) is 6.52. The highest BCUT2D eigenvalue weighted by molar-refractivity contribution is 7.99. The van der Waals surface area contributed by atoms with Gasteiger partial charge in [-0.05, 0) is 37.0 Å². The molecule has 0 amide bonds. The summed E-state index contributed by atoms with van der Waals surface area (Å²) < 4.78 is 11.6. The lowest BCUT2D eigenvalue weighted by Crippen LogP contribution is -2.45. The Morgan fingerprint density at radius 1 is 1.62 bits per heavy atom. The van der Waals surface area contributed by atoms with E-state index in [9.17, 15) is 0 Å². The molecule has 0 bridgehead atoms. The zero-order valence-corrected chi connectivity index (χ0v) is 13.2. The topological polar surface area (TPSA) is 69.4 Å². The van der Waals surface area contributed by atoms with Gasteiger partial charge in [-0.2, -0.15) is 11.8 Å². The number of rotatable bonds is 4. The van der Waals surface area contributed by atoms with Crippen LogP contribution in [0.15, 0.2) is 18.5 Å². The third-order valence-corrected chi connectivity index (χ3v) is 5.84. The Morgan fingerprint density at radius 2 is 2.52 bits per heavy atom. The zero-order valence-electron chi connectivity index (χ0n) is 12.4. The molecule has 0 aromatic carbocycles. The standard InChI is InChI=1S/C15H23N3O2S/c1-19-13-9-17-5-2-12(13)14(18-16)11-3-6-20-15(8-11)4-7-21-10-15/h2,5,9,11,14,18H,3-4,6-8,10,16H2,1H3. The summed E-state index contributed by atoms with van der Waals surface area (Å²) in [5, 5.41) is 0. The Labute approximate surface area is 129 Å². The molecular formula is C15H23N3O2S. The number of pyridine rings is 1. The van der Waals surface area contributed by atoms with Crippen LogP contribution in [0.5, 0.6) is 5.75 Å². The SMILES string of the molecule is COc1cnccc1C(NN)C1CCOC2(CCSC2)C1. The van der Waals surface area contributed by atoms with Gasteiger partial charge in [0.1, 0.15) is 5.75 Å². The number of ether oxygens (including phenoxy) is 2. The van der Waals surface area contributed by atoms with Gasteiger partial charge in [-0.25, -0.2) is 0 Å². The summed E-state index contributed by atoms with van der Waals surface area (Å²) in [6.45, 7) is 0.816. The molecule has 3 unspecified atom stereocenters. The summed E-state index contributed by atoms with van der Waals surface area (Å²) in [5.41, 5.74) is 4.14. The lowest BCUT2D eigenvalue weighted by atomic mass is 9.79. The maximum atomic E-state index is 6.11. The Bertz CT molecular complexity index is 480. The third-order valence-electron chi connectivity index (χ3n) is 4.62. The first-order valence-electron chi connectivity index (χ1n) is 7.44. The molecule has 1 spiro atoms. The van der Waals surface area contributed by atoms with E-state index < -0.39 is 0 Å². The molecule has 2 saturated heterocycles. The van der Waals surface area contributed by atoms with Crippen LogP contribution in [-0.4, -0.2) is 35.8 Å². The molecule has 6 heteroatoms. The second-order valence-corrected chi connectivity index (χ2v) is 6.95. The molecule has 21 heavy (non-hydrogen) atoms.